The summed E-state index contributed by atoms with van der Waals surface area (Å²) < 4.78 is 32.9. The van der Waals surface area contributed by atoms with E-state index in [2.05, 4.69) is 5.32 Å². The van der Waals surface area contributed by atoms with Gasteiger partial charge in [0.1, 0.15) is 0 Å². The summed E-state index contributed by atoms with van der Waals surface area (Å²) in [5, 5.41) is 2.60. The number of nitrogens with two attached hydrogens (primary N) is 1. The molecule has 0 saturated heterocycles. The quantitative estimate of drug-likeness (QED) is 0.811. The first-order chi connectivity index (χ1) is 9.85. The van der Waals surface area contributed by atoms with Gasteiger partial charge in [0.25, 0.3) is 5.91 Å². The molecule has 3 N–H and O–H groups in total. The average Bonchev–Trinajstić information content (AvgIpc) is 2.39. The molecule has 0 aliphatic heterocycles. The van der Waals surface area contributed by atoms with Crippen LogP contribution in [0.2, 0.25) is 0 Å². The van der Waals surface area contributed by atoms with E-state index in [0.29, 0.717) is 18.5 Å². The van der Waals surface area contributed by atoms with Crippen molar-refractivity contribution < 1.29 is 18.3 Å². The molecule has 1 aromatic carbocycles. The van der Waals surface area contributed by atoms with Gasteiger partial charge >= 0.3 is 0 Å². The summed E-state index contributed by atoms with van der Waals surface area (Å²) in [6.45, 7) is 5.59. The molecule has 0 spiro atoms. The minimum Gasteiger partial charge on any atom is -0.475 e. The van der Waals surface area contributed by atoms with Gasteiger partial charge in [-0.3, -0.25) is 4.79 Å². The Morgan fingerprint density at radius 1 is 1.33 bits per heavy atom. The van der Waals surface area contributed by atoms with Crippen LogP contribution in [0.1, 0.15) is 32.8 Å². The van der Waals surface area contributed by atoms with Crippen LogP contribution < -0.4 is 15.8 Å². The Balaban J connectivity index is 2.81. The highest BCUT2D eigenvalue weighted by Crippen LogP contribution is 2.25. The fraction of sp³-hybridized carbons (Fsp3) is 0.533. The van der Waals surface area contributed by atoms with Gasteiger partial charge in [-0.1, -0.05) is 6.92 Å². The Labute approximate surface area is 123 Å². The van der Waals surface area contributed by atoms with E-state index in [4.69, 9.17) is 10.5 Å². The number of carbonyl (C=O) groups excluding carboxylic acids is 1. The number of carbonyl (C=O) groups is 1. The summed E-state index contributed by atoms with van der Waals surface area (Å²) in [5.74, 6) is -2.61. The van der Waals surface area contributed by atoms with Crippen LogP contribution in [-0.4, -0.2) is 24.6 Å². The number of benzene rings is 1. The monoisotopic (exact) mass is 300 g/mol. The summed E-state index contributed by atoms with van der Waals surface area (Å²) in [7, 11) is 0. The number of nitrogens with one attached hydrogen (secondary N) is 1. The third kappa shape index (κ3) is 5.30. The fourth-order valence-corrected chi connectivity index (χ4v) is 1.84. The average molecular weight is 300 g/mol. The highest BCUT2D eigenvalue weighted by Gasteiger charge is 2.20. The molecule has 0 fully saturated rings. The Hall–Kier alpha value is -1.69. The lowest BCUT2D eigenvalue weighted by atomic mass is 10.1. The van der Waals surface area contributed by atoms with Crippen LogP contribution >= 0.6 is 0 Å². The smallest absolute Gasteiger partial charge is 0.260 e. The Kier molecular flexibility index (Phi) is 6.55. The van der Waals surface area contributed by atoms with Gasteiger partial charge in [0.05, 0.1) is 0 Å². The molecule has 0 aliphatic carbocycles. The van der Waals surface area contributed by atoms with Crippen molar-refractivity contribution in [1.82, 2.24) is 5.32 Å². The number of rotatable bonds is 7. The molecule has 0 radical (unpaired) electrons. The molecular weight excluding hydrogens is 278 g/mol. The van der Waals surface area contributed by atoms with E-state index in [0.717, 1.165) is 6.42 Å². The van der Waals surface area contributed by atoms with Crippen LogP contribution in [0.15, 0.2) is 12.1 Å². The summed E-state index contributed by atoms with van der Waals surface area (Å²) >= 11 is 0. The second-order valence-electron chi connectivity index (χ2n) is 5.12. The maximum atomic E-state index is 13.9. The molecule has 2 atom stereocenters. The molecular formula is C15H22F2N2O2. The van der Waals surface area contributed by atoms with Gasteiger partial charge < -0.3 is 15.8 Å². The Morgan fingerprint density at radius 2 is 1.90 bits per heavy atom. The third-order valence-corrected chi connectivity index (χ3v) is 2.83. The fourth-order valence-electron chi connectivity index (χ4n) is 1.84. The second kappa shape index (κ2) is 7.93. The highest BCUT2D eigenvalue weighted by molar-refractivity contribution is 5.80. The third-order valence-electron chi connectivity index (χ3n) is 2.83. The number of hydrogen-bond donors (Lipinski definition) is 2. The lowest BCUT2D eigenvalue weighted by Crippen LogP contribution is -2.37. The predicted molar refractivity (Wildman–Crippen MR) is 77.1 cm³/mol. The summed E-state index contributed by atoms with van der Waals surface area (Å²) in [4.78, 5) is 11.6. The summed E-state index contributed by atoms with van der Waals surface area (Å²) in [5.41, 5.74) is 6.05. The van der Waals surface area contributed by atoms with E-state index in [9.17, 15) is 13.6 Å². The standard InChI is InChI=1S/C15H22F2N2O2/c1-4-5-19-15(20)10(3)21-14-12(16)7-11(6-9(2)18)8-13(14)17/h7-10H,4-6,18H2,1-3H3,(H,19,20). The molecule has 1 amide bonds. The second-order valence-corrected chi connectivity index (χ2v) is 5.12. The van der Waals surface area contributed by atoms with Gasteiger partial charge in [0, 0.05) is 12.6 Å². The van der Waals surface area contributed by atoms with Gasteiger partial charge in [-0.05, 0) is 44.4 Å². The predicted octanol–water partition coefficient (Wildman–Crippen LogP) is 2.15. The van der Waals surface area contributed by atoms with E-state index in [1.807, 2.05) is 6.92 Å². The van der Waals surface area contributed by atoms with Crippen LogP contribution in [0.5, 0.6) is 5.75 Å². The first-order valence-electron chi connectivity index (χ1n) is 7.03. The van der Waals surface area contributed by atoms with Gasteiger partial charge in [-0.2, -0.15) is 0 Å². The van der Waals surface area contributed by atoms with E-state index in [1.54, 1.807) is 6.92 Å². The Morgan fingerprint density at radius 3 is 2.38 bits per heavy atom. The molecule has 0 aromatic heterocycles. The van der Waals surface area contributed by atoms with Crippen molar-refractivity contribution in [1.29, 1.82) is 0 Å². The maximum Gasteiger partial charge on any atom is 0.260 e. The summed E-state index contributed by atoms with van der Waals surface area (Å²) in [6, 6.07) is 2.16. The molecule has 0 saturated carbocycles. The van der Waals surface area contributed by atoms with Crippen molar-refractivity contribution in [3.63, 3.8) is 0 Å². The Bertz CT molecular complexity index is 470. The first kappa shape index (κ1) is 17.4. The van der Waals surface area contributed by atoms with Crippen LogP contribution in [0.25, 0.3) is 0 Å². The number of halogens is 2. The zero-order chi connectivity index (χ0) is 16.0. The van der Waals surface area contributed by atoms with Crippen LogP contribution in [0, 0.1) is 11.6 Å². The summed E-state index contributed by atoms with van der Waals surface area (Å²) in [6.07, 6.45) is 0.160. The molecule has 1 aromatic rings. The number of amides is 1. The molecule has 0 heterocycles. The molecule has 0 bridgehead atoms. The molecule has 1 rings (SSSR count). The van der Waals surface area contributed by atoms with Crippen molar-refractivity contribution in [3.8, 4) is 5.75 Å². The molecule has 21 heavy (non-hydrogen) atoms. The minimum atomic E-state index is -0.972. The number of hydrogen-bond acceptors (Lipinski definition) is 3. The SMILES string of the molecule is CCCNC(=O)C(C)Oc1c(F)cc(CC(C)N)cc1F. The lowest BCUT2D eigenvalue weighted by Gasteiger charge is -2.16. The maximum absolute atomic E-state index is 13.9. The zero-order valence-electron chi connectivity index (χ0n) is 12.6. The van der Waals surface area contributed by atoms with E-state index >= 15 is 0 Å². The van der Waals surface area contributed by atoms with Gasteiger partial charge in [0.2, 0.25) is 0 Å². The van der Waals surface area contributed by atoms with Crippen LogP contribution in [-0.2, 0) is 11.2 Å². The lowest BCUT2D eigenvalue weighted by molar-refractivity contribution is -0.127. The highest BCUT2D eigenvalue weighted by atomic mass is 19.1. The topological polar surface area (TPSA) is 64.3 Å². The van der Waals surface area contributed by atoms with Crippen LogP contribution in [0.4, 0.5) is 8.78 Å². The van der Waals surface area contributed by atoms with E-state index in [-0.39, 0.29) is 6.04 Å². The van der Waals surface area contributed by atoms with Crippen molar-refractivity contribution >= 4 is 5.91 Å². The first-order valence-corrected chi connectivity index (χ1v) is 7.03. The van der Waals surface area contributed by atoms with Crippen molar-refractivity contribution in [3.05, 3.63) is 29.3 Å². The van der Waals surface area contributed by atoms with Gasteiger partial charge in [-0.25, -0.2) is 8.78 Å². The van der Waals surface area contributed by atoms with Gasteiger partial charge in [0.15, 0.2) is 23.5 Å². The molecule has 118 valence electrons. The normalized spacial score (nSPS) is 13.6. The zero-order valence-corrected chi connectivity index (χ0v) is 12.6. The van der Waals surface area contributed by atoms with E-state index < -0.39 is 29.4 Å². The molecule has 0 aliphatic rings. The van der Waals surface area contributed by atoms with Crippen molar-refractivity contribution in [2.24, 2.45) is 5.73 Å². The molecule has 4 nitrogen and oxygen atoms in total. The van der Waals surface area contributed by atoms with Crippen LogP contribution in [0.3, 0.4) is 0 Å². The number of ether oxygens (including phenoxy) is 1. The molecule has 2 unspecified atom stereocenters. The van der Waals surface area contributed by atoms with Crippen molar-refractivity contribution in [2.75, 3.05) is 6.54 Å². The minimum absolute atomic E-state index is 0.200. The molecule has 6 heteroatoms. The van der Waals surface area contributed by atoms with E-state index in [1.165, 1.54) is 19.1 Å². The van der Waals surface area contributed by atoms with Gasteiger partial charge in [-0.15, -0.1) is 0 Å². The van der Waals surface area contributed by atoms with Crippen molar-refractivity contribution in [2.45, 2.75) is 45.8 Å². The largest absolute Gasteiger partial charge is 0.475 e.